The maximum absolute atomic E-state index is 12.3. The van der Waals surface area contributed by atoms with E-state index in [1.165, 1.54) is 6.20 Å². The second-order valence-electron chi connectivity index (χ2n) is 5.19. The van der Waals surface area contributed by atoms with Crippen molar-refractivity contribution in [1.82, 2.24) is 9.99 Å². The lowest BCUT2D eigenvalue weighted by molar-refractivity contribution is -0.110. The first-order valence-electron chi connectivity index (χ1n) is 5.81. The number of carbonyl (C=O) groups excluding carboxylic acids is 1. The average Bonchev–Trinajstić information content (AvgIpc) is 2.49. The lowest BCUT2D eigenvalue weighted by Gasteiger charge is -2.37. The first kappa shape index (κ1) is 12.7. The molecule has 0 bridgehead atoms. The fraction of sp³-hybridized carbons (Fsp3) is 0.462. The summed E-state index contributed by atoms with van der Waals surface area (Å²) in [5.74, 6) is -0.349. The third kappa shape index (κ3) is 1.62. The smallest absolute Gasteiger partial charge is 0.278 e. The highest BCUT2D eigenvalue weighted by Crippen LogP contribution is 2.41. The fourth-order valence-electron chi connectivity index (χ4n) is 1.83. The van der Waals surface area contributed by atoms with Gasteiger partial charge < -0.3 is 5.11 Å². The van der Waals surface area contributed by atoms with E-state index in [0.717, 1.165) is 10.7 Å². The lowest BCUT2D eigenvalue weighted by atomic mass is 9.79. The number of pyridine rings is 1. The molecule has 1 aromatic rings. The summed E-state index contributed by atoms with van der Waals surface area (Å²) in [4.78, 5) is 16.2. The predicted octanol–water partition coefficient (Wildman–Crippen LogP) is 1.65. The standard InChI is InChI=1S/C13H17N3O2/c1-9-12(2,3)13(4,18)16(15-9)11(17)10-6-5-7-14-8-10/h5-8,18H,1-4H3. The van der Waals surface area contributed by atoms with E-state index >= 15 is 0 Å². The van der Waals surface area contributed by atoms with Gasteiger partial charge in [-0.15, -0.1) is 0 Å². The van der Waals surface area contributed by atoms with Gasteiger partial charge in [-0.3, -0.25) is 9.78 Å². The summed E-state index contributed by atoms with van der Waals surface area (Å²) in [6.07, 6.45) is 3.06. The first-order chi connectivity index (χ1) is 8.28. The molecule has 1 aromatic heterocycles. The molecule has 2 rings (SSSR count). The number of aromatic nitrogens is 1. The van der Waals surface area contributed by atoms with E-state index < -0.39 is 11.1 Å². The van der Waals surface area contributed by atoms with Crippen molar-refractivity contribution < 1.29 is 9.90 Å². The number of hydrazone groups is 1. The Morgan fingerprint density at radius 2 is 2.06 bits per heavy atom. The van der Waals surface area contributed by atoms with Crippen LogP contribution in [0.2, 0.25) is 0 Å². The minimum atomic E-state index is -1.34. The van der Waals surface area contributed by atoms with E-state index in [-0.39, 0.29) is 5.91 Å². The molecule has 0 aromatic carbocycles. The molecule has 18 heavy (non-hydrogen) atoms. The van der Waals surface area contributed by atoms with E-state index in [4.69, 9.17) is 0 Å². The molecule has 5 heteroatoms. The van der Waals surface area contributed by atoms with Gasteiger partial charge in [-0.1, -0.05) is 0 Å². The quantitative estimate of drug-likeness (QED) is 0.820. The zero-order valence-corrected chi connectivity index (χ0v) is 11.0. The summed E-state index contributed by atoms with van der Waals surface area (Å²) in [5, 5.41) is 15.9. The Labute approximate surface area is 106 Å². The Morgan fingerprint density at radius 3 is 2.50 bits per heavy atom. The molecule has 1 unspecified atom stereocenters. The predicted molar refractivity (Wildman–Crippen MR) is 67.9 cm³/mol. The Kier molecular flexibility index (Phi) is 2.74. The maximum atomic E-state index is 12.3. The normalized spacial score (nSPS) is 26.1. The summed E-state index contributed by atoms with van der Waals surface area (Å²) in [6, 6.07) is 3.33. The molecule has 2 heterocycles. The van der Waals surface area contributed by atoms with Crippen LogP contribution in [0.15, 0.2) is 29.6 Å². The van der Waals surface area contributed by atoms with Gasteiger partial charge in [-0.25, -0.2) is 0 Å². The highest BCUT2D eigenvalue weighted by atomic mass is 16.3. The van der Waals surface area contributed by atoms with Crippen molar-refractivity contribution in [3.63, 3.8) is 0 Å². The molecule has 0 spiro atoms. The van der Waals surface area contributed by atoms with Crippen molar-refractivity contribution >= 4 is 11.6 Å². The van der Waals surface area contributed by atoms with Crippen LogP contribution < -0.4 is 0 Å². The number of rotatable bonds is 1. The molecule has 1 amide bonds. The van der Waals surface area contributed by atoms with Crippen molar-refractivity contribution in [2.45, 2.75) is 33.4 Å². The fourth-order valence-corrected chi connectivity index (χ4v) is 1.83. The van der Waals surface area contributed by atoms with Gasteiger partial charge in [0, 0.05) is 18.1 Å². The number of amides is 1. The van der Waals surface area contributed by atoms with Crippen molar-refractivity contribution in [1.29, 1.82) is 0 Å². The van der Waals surface area contributed by atoms with Crippen LogP contribution in [0.4, 0.5) is 0 Å². The number of hydrogen-bond acceptors (Lipinski definition) is 4. The minimum absolute atomic E-state index is 0.349. The lowest BCUT2D eigenvalue weighted by Crippen LogP contribution is -2.53. The maximum Gasteiger partial charge on any atom is 0.278 e. The summed E-state index contributed by atoms with van der Waals surface area (Å²) in [7, 11) is 0. The molecular weight excluding hydrogens is 230 g/mol. The van der Waals surface area contributed by atoms with Crippen LogP contribution in [0.3, 0.4) is 0 Å². The van der Waals surface area contributed by atoms with Crippen LogP contribution in [0.1, 0.15) is 38.1 Å². The summed E-state index contributed by atoms with van der Waals surface area (Å²) < 4.78 is 0. The zero-order valence-electron chi connectivity index (χ0n) is 11.0. The van der Waals surface area contributed by atoms with E-state index in [2.05, 4.69) is 10.1 Å². The number of hydrogen-bond donors (Lipinski definition) is 1. The highest BCUT2D eigenvalue weighted by Gasteiger charge is 2.53. The summed E-state index contributed by atoms with van der Waals surface area (Å²) in [5.41, 5.74) is -0.786. The molecule has 0 fully saturated rings. The number of aliphatic hydroxyl groups is 1. The van der Waals surface area contributed by atoms with Gasteiger partial charge in [0.2, 0.25) is 0 Å². The molecule has 1 aliphatic rings. The molecule has 96 valence electrons. The van der Waals surface area contributed by atoms with Gasteiger partial charge >= 0.3 is 0 Å². The van der Waals surface area contributed by atoms with Crippen molar-refractivity contribution in [3.05, 3.63) is 30.1 Å². The third-order valence-corrected chi connectivity index (χ3v) is 3.85. The molecule has 1 atom stereocenters. The molecule has 1 N–H and O–H groups in total. The number of nitrogens with zero attached hydrogens (tertiary/aromatic N) is 3. The van der Waals surface area contributed by atoms with Gasteiger partial charge in [0.25, 0.3) is 5.91 Å². The van der Waals surface area contributed by atoms with Crippen LogP contribution >= 0.6 is 0 Å². The Hall–Kier alpha value is -1.75. The molecule has 1 aliphatic heterocycles. The van der Waals surface area contributed by atoms with E-state index in [9.17, 15) is 9.90 Å². The second kappa shape index (κ2) is 3.88. The van der Waals surface area contributed by atoms with Crippen LogP contribution in [-0.2, 0) is 0 Å². The van der Waals surface area contributed by atoms with Crippen LogP contribution in [0, 0.1) is 5.41 Å². The SMILES string of the molecule is CC1=NN(C(=O)c2cccnc2)C(C)(O)C1(C)C. The summed E-state index contributed by atoms with van der Waals surface area (Å²) in [6.45, 7) is 7.14. The summed E-state index contributed by atoms with van der Waals surface area (Å²) >= 11 is 0. The van der Waals surface area contributed by atoms with E-state index in [1.807, 2.05) is 20.8 Å². The van der Waals surface area contributed by atoms with E-state index in [0.29, 0.717) is 5.56 Å². The van der Waals surface area contributed by atoms with E-state index in [1.54, 1.807) is 25.3 Å². The molecule has 0 saturated carbocycles. The monoisotopic (exact) mass is 247 g/mol. The molecule has 5 nitrogen and oxygen atoms in total. The Balaban J connectivity index is 2.40. The average molecular weight is 247 g/mol. The zero-order chi connectivity index (χ0) is 13.6. The van der Waals surface area contributed by atoms with Crippen LogP contribution in [0.25, 0.3) is 0 Å². The largest absolute Gasteiger partial charge is 0.368 e. The second-order valence-corrected chi connectivity index (χ2v) is 5.19. The molecular formula is C13H17N3O2. The minimum Gasteiger partial charge on any atom is -0.368 e. The Morgan fingerprint density at radius 1 is 1.39 bits per heavy atom. The molecule has 0 radical (unpaired) electrons. The number of carbonyl (C=O) groups is 1. The van der Waals surface area contributed by atoms with Gasteiger partial charge in [0.1, 0.15) is 0 Å². The van der Waals surface area contributed by atoms with Crippen molar-refractivity contribution in [2.75, 3.05) is 0 Å². The van der Waals surface area contributed by atoms with Gasteiger partial charge in [0.15, 0.2) is 5.72 Å². The first-order valence-corrected chi connectivity index (χ1v) is 5.81. The molecule has 0 aliphatic carbocycles. The Bertz CT molecular complexity index is 506. The van der Waals surface area contributed by atoms with Gasteiger partial charge in [-0.2, -0.15) is 10.1 Å². The van der Waals surface area contributed by atoms with Crippen molar-refractivity contribution in [3.8, 4) is 0 Å². The topological polar surface area (TPSA) is 65.8 Å². The van der Waals surface area contributed by atoms with Crippen LogP contribution in [-0.4, -0.2) is 32.4 Å². The van der Waals surface area contributed by atoms with Crippen molar-refractivity contribution in [2.24, 2.45) is 10.5 Å². The molecule has 0 saturated heterocycles. The third-order valence-electron chi connectivity index (χ3n) is 3.85. The van der Waals surface area contributed by atoms with Gasteiger partial charge in [0.05, 0.1) is 11.0 Å². The highest BCUT2D eigenvalue weighted by molar-refractivity contribution is 5.99. The van der Waals surface area contributed by atoms with Gasteiger partial charge in [-0.05, 0) is 39.8 Å². The van der Waals surface area contributed by atoms with Crippen LogP contribution in [0.5, 0.6) is 0 Å².